The zero-order chi connectivity index (χ0) is 40.3. The Balaban J connectivity index is 0.897. The van der Waals surface area contributed by atoms with Gasteiger partial charge in [0.15, 0.2) is 0 Å². The highest BCUT2D eigenvalue weighted by Gasteiger charge is 2.17. The molecule has 0 amide bonds. The van der Waals surface area contributed by atoms with E-state index >= 15 is 0 Å². The van der Waals surface area contributed by atoms with Gasteiger partial charge in [0.05, 0.1) is 16.7 Å². The van der Waals surface area contributed by atoms with Crippen molar-refractivity contribution in [2.75, 3.05) is 4.90 Å². The first kappa shape index (κ1) is 35.2. The number of hydrogen-bond donors (Lipinski definition) is 0. The summed E-state index contributed by atoms with van der Waals surface area (Å²) in [5, 5.41) is 7.65. The predicted molar refractivity (Wildman–Crippen MR) is 262 cm³/mol. The van der Waals surface area contributed by atoms with Gasteiger partial charge in [-0.2, -0.15) is 0 Å². The lowest BCUT2D eigenvalue weighted by atomic mass is 9.98. The van der Waals surface area contributed by atoms with Gasteiger partial charge < -0.3 is 9.47 Å². The summed E-state index contributed by atoms with van der Waals surface area (Å²) in [5.41, 5.74) is 14.1. The molecular weight excluding hydrogens is 757 g/mol. The zero-order valence-corrected chi connectivity index (χ0v) is 34.1. The molecule has 0 aliphatic carbocycles. The summed E-state index contributed by atoms with van der Waals surface area (Å²) in [6.45, 7) is 0. The molecule has 0 aliphatic heterocycles. The van der Waals surface area contributed by atoms with Crippen LogP contribution in [0, 0.1) is 0 Å². The van der Waals surface area contributed by atoms with Gasteiger partial charge in [0.25, 0.3) is 0 Å². The van der Waals surface area contributed by atoms with Crippen LogP contribution in [0.1, 0.15) is 0 Å². The topological polar surface area (TPSA) is 8.17 Å². The second-order valence-electron chi connectivity index (χ2n) is 15.7. The van der Waals surface area contributed by atoms with Gasteiger partial charge in [-0.1, -0.05) is 164 Å². The van der Waals surface area contributed by atoms with Gasteiger partial charge in [-0.3, -0.25) is 0 Å². The third-order valence-electron chi connectivity index (χ3n) is 12.2. The third-order valence-corrected chi connectivity index (χ3v) is 13.3. The summed E-state index contributed by atoms with van der Waals surface area (Å²) in [6, 6.07) is 84.1. The van der Waals surface area contributed by atoms with Crippen molar-refractivity contribution in [2.45, 2.75) is 0 Å². The normalized spacial score (nSPS) is 11.6. The Kier molecular flexibility index (Phi) is 8.39. The quantitative estimate of drug-likeness (QED) is 0.156. The molecule has 0 saturated heterocycles. The Morgan fingerprint density at radius 2 is 0.803 bits per heavy atom. The number of aromatic nitrogens is 1. The van der Waals surface area contributed by atoms with Crippen LogP contribution in [-0.2, 0) is 0 Å². The van der Waals surface area contributed by atoms with E-state index in [0.29, 0.717) is 0 Å². The van der Waals surface area contributed by atoms with Gasteiger partial charge in [-0.05, 0) is 105 Å². The number of nitrogens with zero attached hydrogens (tertiary/aromatic N) is 2. The van der Waals surface area contributed by atoms with Gasteiger partial charge in [0.2, 0.25) is 0 Å². The Morgan fingerprint density at radius 3 is 1.51 bits per heavy atom. The van der Waals surface area contributed by atoms with Crippen LogP contribution in [0.5, 0.6) is 0 Å². The fraction of sp³-hybridized carbons (Fsp3) is 0. The molecule has 61 heavy (non-hydrogen) atoms. The van der Waals surface area contributed by atoms with Crippen molar-refractivity contribution in [2.24, 2.45) is 0 Å². The van der Waals surface area contributed by atoms with E-state index in [1.54, 1.807) is 0 Å². The van der Waals surface area contributed by atoms with Gasteiger partial charge >= 0.3 is 0 Å². The number of fused-ring (bicyclic) bond motifs is 7. The maximum atomic E-state index is 2.41. The molecule has 0 atom stereocenters. The standard InChI is InChI=1S/C58H38N2S/c1-2-12-44-37-45(26-23-39(44)11-1)42-29-33-47(34-30-42)59(48-35-36-53-52-16-6-10-20-57(52)61-58(53)38-48)46-31-27-41(28-32-46)40-21-24-43(25-22-40)49-13-3-7-17-54(49)60-55-18-8-4-14-50(55)51-15-5-9-19-56(51)60/h1-38H. The van der Waals surface area contributed by atoms with Crippen LogP contribution in [0.25, 0.3) is 91.8 Å². The predicted octanol–water partition coefficient (Wildman–Crippen LogP) is 16.8. The van der Waals surface area contributed by atoms with Crippen LogP contribution in [0.3, 0.4) is 0 Å². The number of anilines is 3. The molecule has 0 unspecified atom stereocenters. The fourth-order valence-corrected chi connectivity index (χ4v) is 10.4. The average Bonchev–Trinajstić information content (AvgIpc) is 3.87. The highest BCUT2D eigenvalue weighted by molar-refractivity contribution is 7.25. The van der Waals surface area contributed by atoms with Crippen LogP contribution < -0.4 is 4.90 Å². The summed E-state index contributed by atoms with van der Waals surface area (Å²) in [7, 11) is 0. The van der Waals surface area contributed by atoms with Crippen molar-refractivity contribution >= 4 is 81.1 Å². The first-order valence-electron chi connectivity index (χ1n) is 20.8. The molecule has 2 nitrogen and oxygen atoms in total. The molecule has 0 bridgehead atoms. The highest BCUT2D eigenvalue weighted by atomic mass is 32.1. The lowest BCUT2D eigenvalue weighted by molar-refractivity contribution is 1.18. The molecule has 2 heterocycles. The van der Waals surface area contributed by atoms with Crippen LogP contribution in [0.2, 0.25) is 0 Å². The van der Waals surface area contributed by atoms with E-state index in [1.165, 1.54) is 91.8 Å². The van der Waals surface area contributed by atoms with Crippen LogP contribution >= 0.6 is 11.3 Å². The van der Waals surface area contributed by atoms with Gasteiger partial charge in [-0.15, -0.1) is 11.3 Å². The summed E-state index contributed by atoms with van der Waals surface area (Å²) >= 11 is 1.86. The molecule has 12 aromatic rings. The van der Waals surface area contributed by atoms with Crippen molar-refractivity contribution < 1.29 is 0 Å². The van der Waals surface area contributed by atoms with Crippen LogP contribution in [0.15, 0.2) is 231 Å². The number of hydrogen-bond acceptors (Lipinski definition) is 2. The molecule has 0 aliphatic rings. The Morgan fingerprint density at radius 1 is 0.311 bits per heavy atom. The Labute approximate surface area is 358 Å². The molecule has 0 N–H and O–H groups in total. The summed E-state index contributed by atoms with van der Waals surface area (Å²) in [6.07, 6.45) is 0. The number of para-hydroxylation sites is 3. The first-order valence-corrected chi connectivity index (χ1v) is 21.6. The largest absolute Gasteiger partial charge is 0.310 e. The maximum absolute atomic E-state index is 2.41. The van der Waals surface area contributed by atoms with E-state index < -0.39 is 0 Å². The molecule has 0 fully saturated rings. The van der Waals surface area contributed by atoms with E-state index in [-0.39, 0.29) is 0 Å². The van der Waals surface area contributed by atoms with Crippen LogP contribution in [0.4, 0.5) is 17.1 Å². The van der Waals surface area contributed by atoms with E-state index in [4.69, 9.17) is 0 Å². The molecule has 0 radical (unpaired) electrons. The average molecular weight is 795 g/mol. The van der Waals surface area contributed by atoms with Crippen molar-refractivity contribution in [3.63, 3.8) is 0 Å². The molecule has 0 saturated carbocycles. The van der Waals surface area contributed by atoms with Crippen molar-refractivity contribution in [1.82, 2.24) is 4.57 Å². The van der Waals surface area contributed by atoms with Crippen molar-refractivity contribution in [1.29, 1.82) is 0 Å². The van der Waals surface area contributed by atoms with E-state index in [0.717, 1.165) is 17.1 Å². The minimum atomic E-state index is 1.11. The smallest absolute Gasteiger partial charge is 0.0541 e. The van der Waals surface area contributed by atoms with Gasteiger partial charge in [0.1, 0.15) is 0 Å². The minimum Gasteiger partial charge on any atom is -0.310 e. The lowest BCUT2D eigenvalue weighted by Gasteiger charge is -2.26. The SMILES string of the molecule is c1ccc(-n2c3ccccc3c3ccccc32)c(-c2ccc(-c3ccc(N(c4ccc(-c5ccc6ccccc6c5)cc4)c4ccc5c(c4)sc4ccccc45)cc3)cc2)c1. The second-order valence-corrected chi connectivity index (χ2v) is 16.8. The van der Waals surface area contributed by atoms with Gasteiger partial charge in [-0.25, -0.2) is 0 Å². The van der Waals surface area contributed by atoms with Crippen molar-refractivity contribution in [3.05, 3.63) is 231 Å². The van der Waals surface area contributed by atoms with Crippen LogP contribution in [-0.4, -0.2) is 4.57 Å². The van der Waals surface area contributed by atoms with Crippen molar-refractivity contribution in [3.8, 4) is 39.1 Å². The molecule has 0 spiro atoms. The summed E-state index contributed by atoms with van der Waals surface area (Å²) in [5.74, 6) is 0. The fourth-order valence-electron chi connectivity index (χ4n) is 9.21. The maximum Gasteiger partial charge on any atom is 0.0541 e. The van der Waals surface area contributed by atoms with Gasteiger partial charge in [0, 0.05) is 53.6 Å². The molecule has 12 rings (SSSR count). The summed E-state index contributed by atoms with van der Waals surface area (Å²) in [4.78, 5) is 2.38. The molecule has 2 aromatic heterocycles. The molecule has 286 valence electrons. The minimum absolute atomic E-state index is 1.11. The first-order chi connectivity index (χ1) is 30.2. The third kappa shape index (κ3) is 6.09. The Hall–Kier alpha value is -7.72. The molecule has 3 heteroatoms. The highest BCUT2D eigenvalue weighted by Crippen LogP contribution is 2.42. The van der Waals surface area contributed by atoms with E-state index in [9.17, 15) is 0 Å². The number of benzene rings is 10. The Bertz CT molecular complexity index is 3520. The monoisotopic (exact) mass is 794 g/mol. The second kappa shape index (κ2) is 14.5. The number of rotatable bonds is 7. The molecular formula is C58H38N2S. The molecule has 10 aromatic carbocycles. The van der Waals surface area contributed by atoms with E-state index in [2.05, 4.69) is 240 Å². The number of thiophene rings is 1. The van der Waals surface area contributed by atoms with E-state index in [1.807, 2.05) is 11.3 Å². The lowest BCUT2D eigenvalue weighted by Crippen LogP contribution is -2.09. The zero-order valence-electron chi connectivity index (χ0n) is 33.2. The summed E-state index contributed by atoms with van der Waals surface area (Å²) < 4.78 is 5.01.